The molecule has 0 amide bonds. The smallest absolute Gasteiger partial charge is 0.244 e. The number of H-pyrrole nitrogens is 1. The molecule has 2 aromatic carbocycles. The fourth-order valence-electron chi connectivity index (χ4n) is 3.22. The van der Waals surface area contributed by atoms with Crippen LogP contribution in [0.2, 0.25) is 5.02 Å². The number of hydrogen-bond donors (Lipinski definition) is 2. The second-order valence-electron chi connectivity index (χ2n) is 5.90. The highest BCUT2D eigenvalue weighted by Gasteiger charge is 2.41. The van der Waals surface area contributed by atoms with E-state index in [0.29, 0.717) is 21.8 Å². The number of benzene rings is 2. The summed E-state index contributed by atoms with van der Waals surface area (Å²) in [6.07, 6.45) is 0. The standard InChI is InChI=1S/C19H12ClFN4O/c20-11-7-5-10(6-8-11)15-13(9-22)18(23)26-19-16(15)17(24-25-19)12-3-1-2-4-14(12)21/h1-8,13,15,23H,(H,24,25). The van der Waals surface area contributed by atoms with Crippen LogP contribution in [-0.4, -0.2) is 16.1 Å². The molecular weight excluding hydrogens is 355 g/mol. The predicted octanol–water partition coefficient (Wildman–Crippen LogP) is 4.51. The first kappa shape index (κ1) is 16.3. The molecule has 0 saturated carbocycles. The normalized spacial score (nSPS) is 18.7. The summed E-state index contributed by atoms with van der Waals surface area (Å²) in [6.45, 7) is 0. The van der Waals surface area contributed by atoms with E-state index >= 15 is 0 Å². The van der Waals surface area contributed by atoms with Gasteiger partial charge in [-0.3, -0.25) is 10.5 Å². The van der Waals surface area contributed by atoms with E-state index in [4.69, 9.17) is 21.7 Å². The maximum absolute atomic E-state index is 14.3. The second kappa shape index (κ2) is 6.28. The van der Waals surface area contributed by atoms with Gasteiger partial charge in [0.05, 0.1) is 17.3 Å². The molecule has 0 fully saturated rings. The van der Waals surface area contributed by atoms with Crippen molar-refractivity contribution in [3.63, 3.8) is 0 Å². The Bertz CT molecular complexity index is 1040. The molecule has 0 spiro atoms. The first-order chi connectivity index (χ1) is 12.6. The van der Waals surface area contributed by atoms with E-state index in [1.165, 1.54) is 6.07 Å². The molecule has 0 aliphatic carbocycles. The molecule has 1 aliphatic rings. The number of nitrogens with zero attached hydrogens (tertiary/aromatic N) is 2. The van der Waals surface area contributed by atoms with Crippen molar-refractivity contribution in [2.24, 2.45) is 5.92 Å². The summed E-state index contributed by atoms with van der Waals surface area (Å²) in [5.74, 6) is -1.80. The first-order valence-electron chi connectivity index (χ1n) is 7.84. The summed E-state index contributed by atoms with van der Waals surface area (Å²) in [5.41, 5.74) is 2.09. The average molecular weight is 367 g/mol. The van der Waals surface area contributed by atoms with Gasteiger partial charge in [0.1, 0.15) is 11.7 Å². The van der Waals surface area contributed by atoms with Crippen molar-refractivity contribution in [3.05, 3.63) is 70.5 Å². The van der Waals surface area contributed by atoms with Crippen molar-refractivity contribution < 1.29 is 9.13 Å². The van der Waals surface area contributed by atoms with Crippen molar-refractivity contribution in [1.82, 2.24) is 10.2 Å². The average Bonchev–Trinajstić information content (AvgIpc) is 3.05. The number of aromatic nitrogens is 2. The topological polar surface area (TPSA) is 85.6 Å². The number of nitrogens with one attached hydrogen (secondary N) is 2. The van der Waals surface area contributed by atoms with E-state index < -0.39 is 17.7 Å². The number of halogens is 2. The largest absolute Gasteiger partial charge is 0.422 e. The monoisotopic (exact) mass is 366 g/mol. The molecule has 0 bridgehead atoms. The lowest BCUT2D eigenvalue weighted by molar-refractivity contribution is 0.437. The fourth-order valence-corrected chi connectivity index (χ4v) is 3.34. The Kier molecular flexibility index (Phi) is 3.94. The first-order valence-corrected chi connectivity index (χ1v) is 8.22. The van der Waals surface area contributed by atoms with E-state index in [2.05, 4.69) is 16.3 Å². The molecule has 0 radical (unpaired) electrons. The molecule has 2 atom stereocenters. The van der Waals surface area contributed by atoms with Crippen molar-refractivity contribution >= 4 is 17.5 Å². The minimum atomic E-state index is -0.855. The van der Waals surface area contributed by atoms with E-state index in [0.717, 1.165) is 5.56 Å². The van der Waals surface area contributed by atoms with Gasteiger partial charge in [0.15, 0.2) is 0 Å². The molecule has 7 heteroatoms. The molecule has 3 aromatic rings. The summed E-state index contributed by atoms with van der Waals surface area (Å²) in [5, 5.41) is 25.1. The Morgan fingerprint density at radius 3 is 2.62 bits per heavy atom. The van der Waals surface area contributed by atoms with Crippen LogP contribution >= 0.6 is 11.6 Å². The van der Waals surface area contributed by atoms with Gasteiger partial charge in [0.2, 0.25) is 11.8 Å². The Hall–Kier alpha value is -3.17. The van der Waals surface area contributed by atoms with Gasteiger partial charge in [-0.25, -0.2) is 4.39 Å². The summed E-state index contributed by atoms with van der Waals surface area (Å²) in [7, 11) is 0. The Labute approximate surface area is 153 Å². The second-order valence-corrected chi connectivity index (χ2v) is 6.34. The highest BCUT2D eigenvalue weighted by molar-refractivity contribution is 6.30. The zero-order valence-electron chi connectivity index (χ0n) is 13.3. The highest BCUT2D eigenvalue weighted by Crippen LogP contribution is 2.46. The van der Waals surface area contributed by atoms with Gasteiger partial charge in [0, 0.05) is 16.5 Å². The van der Waals surface area contributed by atoms with Crippen molar-refractivity contribution in [2.45, 2.75) is 5.92 Å². The number of fused-ring (bicyclic) bond motifs is 1. The number of hydrogen-bond acceptors (Lipinski definition) is 4. The minimum Gasteiger partial charge on any atom is -0.422 e. The summed E-state index contributed by atoms with van der Waals surface area (Å²) < 4.78 is 19.8. The third kappa shape index (κ3) is 2.54. The Morgan fingerprint density at radius 2 is 1.92 bits per heavy atom. The SMILES string of the molecule is N#CC1C(=N)Oc2n[nH]c(-c3ccccc3F)c2C1c1ccc(Cl)cc1. The van der Waals surface area contributed by atoms with Crippen LogP contribution in [0.1, 0.15) is 17.0 Å². The summed E-state index contributed by atoms with van der Waals surface area (Å²) in [6, 6.07) is 15.4. The zero-order chi connectivity index (χ0) is 18.3. The molecule has 2 unspecified atom stereocenters. The zero-order valence-corrected chi connectivity index (χ0v) is 14.1. The van der Waals surface area contributed by atoms with Gasteiger partial charge in [-0.15, -0.1) is 5.10 Å². The van der Waals surface area contributed by atoms with E-state index in [-0.39, 0.29) is 11.8 Å². The third-order valence-corrected chi connectivity index (χ3v) is 4.67. The van der Waals surface area contributed by atoms with Crippen LogP contribution in [0, 0.1) is 28.5 Å². The predicted molar refractivity (Wildman–Crippen MR) is 94.7 cm³/mol. The summed E-state index contributed by atoms with van der Waals surface area (Å²) in [4.78, 5) is 0. The number of ether oxygens (including phenoxy) is 1. The number of rotatable bonds is 2. The van der Waals surface area contributed by atoms with Crippen LogP contribution in [0.15, 0.2) is 48.5 Å². The lowest BCUT2D eigenvalue weighted by Crippen LogP contribution is -2.30. The van der Waals surface area contributed by atoms with Gasteiger partial charge >= 0.3 is 0 Å². The van der Waals surface area contributed by atoms with Gasteiger partial charge < -0.3 is 4.74 Å². The molecule has 2 heterocycles. The van der Waals surface area contributed by atoms with Crippen LogP contribution in [0.3, 0.4) is 0 Å². The van der Waals surface area contributed by atoms with Crippen molar-refractivity contribution in [2.75, 3.05) is 0 Å². The molecule has 4 rings (SSSR count). The van der Waals surface area contributed by atoms with Gasteiger partial charge in [-0.2, -0.15) is 5.26 Å². The molecular formula is C19H12ClFN4O. The van der Waals surface area contributed by atoms with Gasteiger partial charge in [0.25, 0.3) is 0 Å². The minimum absolute atomic E-state index is 0.180. The van der Waals surface area contributed by atoms with Crippen LogP contribution in [-0.2, 0) is 0 Å². The molecule has 0 saturated heterocycles. The third-order valence-electron chi connectivity index (χ3n) is 4.41. The van der Waals surface area contributed by atoms with Crippen molar-refractivity contribution in [1.29, 1.82) is 10.7 Å². The number of aromatic amines is 1. The Balaban J connectivity index is 1.96. The Morgan fingerprint density at radius 1 is 1.19 bits per heavy atom. The lowest BCUT2D eigenvalue weighted by Gasteiger charge is -2.28. The van der Waals surface area contributed by atoms with Crippen LogP contribution in [0.5, 0.6) is 5.88 Å². The highest BCUT2D eigenvalue weighted by atomic mass is 35.5. The van der Waals surface area contributed by atoms with E-state index in [1.54, 1.807) is 42.5 Å². The van der Waals surface area contributed by atoms with Crippen LogP contribution < -0.4 is 4.74 Å². The lowest BCUT2D eigenvalue weighted by atomic mass is 9.79. The molecule has 2 N–H and O–H groups in total. The molecule has 1 aliphatic heterocycles. The fraction of sp³-hybridized carbons (Fsp3) is 0.105. The molecule has 128 valence electrons. The van der Waals surface area contributed by atoms with E-state index in [9.17, 15) is 9.65 Å². The van der Waals surface area contributed by atoms with Gasteiger partial charge in [-0.1, -0.05) is 35.9 Å². The van der Waals surface area contributed by atoms with Crippen LogP contribution in [0.4, 0.5) is 4.39 Å². The molecule has 5 nitrogen and oxygen atoms in total. The summed E-state index contributed by atoms with van der Waals surface area (Å²) >= 11 is 5.98. The van der Waals surface area contributed by atoms with Crippen molar-refractivity contribution in [3.8, 4) is 23.2 Å². The molecule has 26 heavy (non-hydrogen) atoms. The number of nitriles is 1. The van der Waals surface area contributed by atoms with Crippen LogP contribution in [0.25, 0.3) is 11.3 Å². The maximum Gasteiger partial charge on any atom is 0.244 e. The van der Waals surface area contributed by atoms with E-state index in [1.807, 2.05) is 0 Å². The molecule has 1 aromatic heterocycles. The van der Waals surface area contributed by atoms with Gasteiger partial charge in [-0.05, 0) is 29.8 Å². The maximum atomic E-state index is 14.3. The quantitative estimate of drug-likeness (QED) is 0.699.